The highest BCUT2D eigenvalue weighted by Crippen LogP contribution is 2.19. The summed E-state index contributed by atoms with van der Waals surface area (Å²) in [6, 6.07) is 10.2. The van der Waals surface area contributed by atoms with Crippen molar-refractivity contribution in [3.63, 3.8) is 0 Å². The van der Waals surface area contributed by atoms with Gasteiger partial charge in [-0.2, -0.15) is 0 Å². The lowest BCUT2D eigenvalue weighted by molar-refractivity contribution is -0.117. The van der Waals surface area contributed by atoms with E-state index in [2.05, 4.69) is 12.1 Å². The molecule has 1 aliphatic carbocycles. The Kier molecular flexibility index (Phi) is 2.26. The van der Waals surface area contributed by atoms with E-state index in [1.54, 1.807) is 6.08 Å². The fourth-order valence-electron chi connectivity index (χ4n) is 1.68. The Morgan fingerprint density at radius 2 is 2.00 bits per heavy atom. The van der Waals surface area contributed by atoms with E-state index in [-0.39, 0.29) is 11.7 Å². The van der Waals surface area contributed by atoms with Crippen molar-refractivity contribution in [3.05, 3.63) is 48.0 Å². The number of benzene rings is 1. The molecule has 66 valence electrons. The molecule has 0 bridgehead atoms. The Morgan fingerprint density at radius 1 is 1.23 bits per heavy atom. The number of hydrogen-bond donors (Lipinski definition) is 0. The molecule has 0 radical (unpaired) electrons. The largest absolute Gasteiger partial charge is 0.295 e. The molecule has 0 saturated heterocycles. The van der Waals surface area contributed by atoms with Gasteiger partial charge in [0, 0.05) is 5.92 Å². The van der Waals surface area contributed by atoms with Gasteiger partial charge in [0.25, 0.3) is 0 Å². The zero-order valence-electron chi connectivity index (χ0n) is 7.44. The third kappa shape index (κ3) is 1.86. The molecule has 1 heteroatoms. The number of carbonyl (C=O) groups excluding carboxylic acids is 1. The molecule has 1 aromatic rings. The maximum Gasteiger partial charge on any atom is 0.159 e. The molecular weight excluding hydrogens is 160 g/mol. The van der Waals surface area contributed by atoms with Crippen molar-refractivity contribution in [2.75, 3.05) is 0 Å². The molecule has 0 aliphatic heterocycles. The maximum absolute atomic E-state index is 11.3. The van der Waals surface area contributed by atoms with Crippen LogP contribution in [0, 0.1) is 5.92 Å². The third-order valence-electron chi connectivity index (χ3n) is 2.43. The third-order valence-corrected chi connectivity index (χ3v) is 2.43. The molecule has 1 nitrogen and oxygen atoms in total. The summed E-state index contributed by atoms with van der Waals surface area (Å²) >= 11 is 0. The van der Waals surface area contributed by atoms with Gasteiger partial charge in [-0.25, -0.2) is 0 Å². The van der Waals surface area contributed by atoms with Gasteiger partial charge >= 0.3 is 0 Å². The molecule has 0 aromatic heterocycles. The fraction of sp³-hybridized carbons (Fsp3) is 0.250. The average Bonchev–Trinajstić information content (AvgIpc) is 2.54. The van der Waals surface area contributed by atoms with Crippen LogP contribution in [0.3, 0.4) is 0 Å². The molecular formula is C12H12O. The van der Waals surface area contributed by atoms with Crippen LogP contribution in [0.5, 0.6) is 0 Å². The van der Waals surface area contributed by atoms with E-state index < -0.39 is 0 Å². The van der Waals surface area contributed by atoms with Crippen molar-refractivity contribution in [1.29, 1.82) is 0 Å². The topological polar surface area (TPSA) is 17.1 Å². The molecule has 0 N–H and O–H groups in total. The normalized spacial score (nSPS) is 20.9. The summed E-state index contributed by atoms with van der Waals surface area (Å²) in [4.78, 5) is 11.3. The second kappa shape index (κ2) is 3.56. The predicted molar refractivity (Wildman–Crippen MR) is 52.4 cm³/mol. The van der Waals surface area contributed by atoms with Crippen LogP contribution in [0.2, 0.25) is 0 Å². The van der Waals surface area contributed by atoms with Crippen LogP contribution in [-0.4, -0.2) is 5.78 Å². The number of allylic oxidation sites excluding steroid dienone is 2. The smallest absolute Gasteiger partial charge is 0.159 e. The average molecular weight is 172 g/mol. The van der Waals surface area contributed by atoms with Crippen molar-refractivity contribution in [1.82, 2.24) is 0 Å². The molecule has 0 unspecified atom stereocenters. The van der Waals surface area contributed by atoms with Gasteiger partial charge in [0.2, 0.25) is 0 Å². The Labute approximate surface area is 78.1 Å². The molecule has 2 rings (SSSR count). The van der Waals surface area contributed by atoms with Crippen LogP contribution in [-0.2, 0) is 11.2 Å². The zero-order valence-corrected chi connectivity index (χ0v) is 7.44. The standard InChI is InChI=1S/C12H12O/c13-12-8-4-7-11(12)9-10-5-2-1-3-6-10/h1-6,8,11H,7,9H2/t11-/m0/s1. The maximum atomic E-state index is 11.3. The van der Waals surface area contributed by atoms with Crippen LogP contribution >= 0.6 is 0 Å². The summed E-state index contributed by atoms with van der Waals surface area (Å²) in [6.45, 7) is 0. The molecule has 0 amide bonds. The molecule has 0 heterocycles. The van der Waals surface area contributed by atoms with Gasteiger partial charge in [-0.15, -0.1) is 0 Å². The Hall–Kier alpha value is -1.37. The van der Waals surface area contributed by atoms with Gasteiger partial charge in [0.1, 0.15) is 0 Å². The van der Waals surface area contributed by atoms with Gasteiger partial charge < -0.3 is 0 Å². The quantitative estimate of drug-likeness (QED) is 0.669. The van der Waals surface area contributed by atoms with Crippen molar-refractivity contribution < 1.29 is 4.79 Å². The van der Waals surface area contributed by atoms with Crippen LogP contribution in [0.15, 0.2) is 42.5 Å². The first-order chi connectivity index (χ1) is 6.36. The highest BCUT2D eigenvalue weighted by Gasteiger charge is 2.19. The molecule has 0 fully saturated rings. The SMILES string of the molecule is O=C1C=CC[C@H]1Cc1ccccc1. The summed E-state index contributed by atoms with van der Waals surface area (Å²) in [6.07, 6.45) is 5.46. The van der Waals surface area contributed by atoms with E-state index in [0.717, 1.165) is 12.8 Å². The summed E-state index contributed by atoms with van der Waals surface area (Å²) in [7, 11) is 0. The van der Waals surface area contributed by atoms with Gasteiger partial charge in [0.15, 0.2) is 5.78 Å². The first-order valence-electron chi connectivity index (χ1n) is 4.60. The zero-order chi connectivity index (χ0) is 9.10. The van der Waals surface area contributed by atoms with Gasteiger partial charge in [-0.1, -0.05) is 36.4 Å². The lowest BCUT2D eigenvalue weighted by Gasteiger charge is -2.06. The highest BCUT2D eigenvalue weighted by atomic mass is 16.1. The first kappa shape index (κ1) is 8.24. The predicted octanol–water partition coefficient (Wildman–Crippen LogP) is 2.37. The molecule has 1 aliphatic rings. The van der Waals surface area contributed by atoms with E-state index in [9.17, 15) is 4.79 Å². The van der Waals surface area contributed by atoms with Crippen molar-refractivity contribution in [2.24, 2.45) is 5.92 Å². The van der Waals surface area contributed by atoms with Crippen LogP contribution in [0.25, 0.3) is 0 Å². The summed E-state index contributed by atoms with van der Waals surface area (Å²) in [5.74, 6) is 0.478. The minimum atomic E-state index is 0.197. The monoisotopic (exact) mass is 172 g/mol. The number of carbonyl (C=O) groups is 1. The Morgan fingerprint density at radius 3 is 2.62 bits per heavy atom. The van der Waals surface area contributed by atoms with Crippen LogP contribution in [0.1, 0.15) is 12.0 Å². The van der Waals surface area contributed by atoms with Gasteiger partial charge in [0.05, 0.1) is 0 Å². The number of hydrogen-bond acceptors (Lipinski definition) is 1. The van der Waals surface area contributed by atoms with Gasteiger partial charge in [-0.05, 0) is 24.5 Å². The van der Waals surface area contributed by atoms with Crippen molar-refractivity contribution in [2.45, 2.75) is 12.8 Å². The number of rotatable bonds is 2. The van der Waals surface area contributed by atoms with E-state index >= 15 is 0 Å². The Bertz CT molecular complexity index is 324. The molecule has 13 heavy (non-hydrogen) atoms. The fourth-order valence-corrected chi connectivity index (χ4v) is 1.68. The van der Waals surface area contributed by atoms with E-state index in [1.165, 1.54) is 5.56 Å². The van der Waals surface area contributed by atoms with E-state index in [1.807, 2.05) is 24.3 Å². The van der Waals surface area contributed by atoms with Crippen LogP contribution in [0.4, 0.5) is 0 Å². The van der Waals surface area contributed by atoms with E-state index in [4.69, 9.17) is 0 Å². The lowest BCUT2D eigenvalue weighted by Crippen LogP contribution is -2.09. The molecule has 1 aromatic carbocycles. The molecule has 0 saturated carbocycles. The lowest BCUT2D eigenvalue weighted by atomic mass is 9.97. The minimum absolute atomic E-state index is 0.197. The van der Waals surface area contributed by atoms with Crippen LogP contribution < -0.4 is 0 Å². The summed E-state index contributed by atoms with van der Waals surface area (Å²) in [5.41, 5.74) is 1.25. The highest BCUT2D eigenvalue weighted by molar-refractivity contribution is 5.94. The second-order valence-electron chi connectivity index (χ2n) is 3.43. The first-order valence-corrected chi connectivity index (χ1v) is 4.60. The van der Waals surface area contributed by atoms with E-state index in [0.29, 0.717) is 0 Å². The molecule has 1 atom stereocenters. The second-order valence-corrected chi connectivity index (χ2v) is 3.43. The van der Waals surface area contributed by atoms with Crippen molar-refractivity contribution in [3.8, 4) is 0 Å². The van der Waals surface area contributed by atoms with Gasteiger partial charge in [-0.3, -0.25) is 4.79 Å². The minimum Gasteiger partial charge on any atom is -0.295 e. The summed E-state index contributed by atoms with van der Waals surface area (Å²) < 4.78 is 0. The Balaban J connectivity index is 2.03. The van der Waals surface area contributed by atoms with Crippen molar-refractivity contribution >= 4 is 5.78 Å². The number of ketones is 1. The molecule has 0 spiro atoms. The summed E-state index contributed by atoms with van der Waals surface area (Å²) in [5, 5.41) is 0.